The zero-order valence-electron chi connectivity index (χ0n) is 11.8. The van der Waals surface area contributed by atoms with Gasteiger partial charge in [0.2, 0.25) is 0 Å². The number of ether oxygens (including phenoxy) is 2. The molecule has 1 aromatic carbocycles. The molecule has 5 heteroatoms. The Kier molecular flexibility index (Phi) is 7.52. The van der Waals surface area contributed by atoms with Crippen molar-refractivity contribution in [2.45, 2.75) is 19.4 Å². The molecule has 19 heavy (non-hydrogen) atoms. The molecule has 0 heterocycles. The molecule has 0 aliphatic heterocycles. The van der Waals surface area contributed by atoms with Crippen LogP contribution in [0.3, 0.4) is 0 Å². The summed E-state index contributed by atoms with van der Waals surface area (Å²) in [7, 11) is 0.934. The molecule has 0 amide bonds. The molecule has 4 nitrogen and oxygen atoms in total. The molecular weight excluding hydrogens is 262 g/mol. The first kappa shape index (κ1) is 16.0. The SMILES string of the molecule is COc1ccc(OCCNC(C)CCS(C)=O)cc1. The van der Waals surface area contributed by atoms with Crippen LogP contribution >= 0.6 is 0 Å². The number of rotatable bonds is 9. The molecule has 0 aliphatic rings. The minimum Gasteiger partial charge on any atom is -0.497 e. The van der Waals surface area contributed by atoms with Crippen molar-refractivity contribution in [1.82, 2.24) is 5.32 Å². The Hall–Kier alpha value is -1.07. The van der Waals surface area contributed by atoms with Gasteiger partial charge in [-0.05, 0) is 37.6 Å². The molecule has 0 saturated heterocycles. The van der Waals surface area contributed by atoms with E-state index in [2.05, 4.69) is 12.2 Å². The van der Waals surface area contributed by atoms with E-state index < -0.39 is 10.8 Å². The topological polar surface area (TPSA) is 47.6 Å². The molecule has 1 aromatic rings. The van der Waals surface area contributed by atoms with E-state index in [9.17, 15) is 4.21 Å². The minimum absolute atomic E-state index is 0.364. The monoisotopic (exact) mass is 285 g/mol. The fourth-order valence-electron chi connectivity index (χ4n) is 1.59. The van der Waals surface area contributed by atoms with Crippen LogP contribution < -0.4 is 14.8 Å². The van der Waals surface area contributed by atoms with E-state index in [1.165, 1.54) is 0 Å². The molecule has 0 aromatic heterocycles. The molecular formula is C14H23NO3S. The van der Waals surface area contributed by atoms with Crippen LogP contribution in [0.15, 0.2) is 24.3 Å². The third-order valence-electron chi connectivity index (χ3n) is 2.76. The lowest BCUT2D eigenvalue weighted by Gasteiger charge is -2.13. The number of benzene rings is 1. The van der Waals surface area contributed by atoms with Crippen molar-refractivity contribution in [3.8, 4) is 11.5 Å². The van der Waals surface area contributed by atoms with Gasteiger partial charge in [0.1, 0.15) is 18.1 Å². The summed E-state index contributed by atoms with van der Waals surface area (Å²) in [5.74, 6) is 2.41. The number of hydrogen-bond acceptors (Lipinski definition) is 4. The van der Waals surface area contributed by atoms with Gasteiger partial charge in [0.05, 0.1) is 7.11 Å². The molecule has 0 radical (unpaired) electrons. The lowest BCUT2D eigenvalue weighted by molar-refractivity contribution is 0.305. The largest absolute Gasteiger partial charge is 0.497 e. The fourth-order valence-corrected chi connectivity index (χ4v) is 2.28. The maximum absolute atomic E-state index is 11.0. The van der Waals surface area contributed by atoms with Gasteiger partial charge in [-0.15, -0.1) is 0 Å². The van der Waals surface area contributed by atoms with E-state index >= 15 is 0 Å². The van der Waals surface area contributed by atoms with Gasteiger partial charge in [-0.1, -0.05) is 0 Å². The third kappa shape index (κ3) is 7.18. The third-order valence-corrected chi connectivity index (χ3v) is 3.57. The van der Waals surface area contributed by atoms with Crippen molar-refractivity contribution < 1.29 is 13.7 Å². The first-order valence-corrected chi connectivity index (χ1v) is 8.15. The first-order chi connectivity index (χ1) is 9.11. The predicted octanol–water partition coefficient (Wildman–Crippen LogP) is 1.82. The van der Waals surface area contributed by atoms with Gasteiger partial charge >= 0.3 is 0 Å². The van der Waals surface area contributed by atoms with Gasteiger partial charge in [0.25, 0.3) is 0 Å². The molecule has 1 N–H and O–H groups in total. The second-order valence-electron chi connectivity index (χ2n) is 4.45. The highest BCUT2D eigenvalue weighted by atomic mass is 32.2. The predicted molar refractivity (Wildman–Crippen MR) is 79.5 cm³/mol. The highest BCUT2D eigenvalue weighted by molar-refractivity contribution is 7.84. The smallest absolute Gasteiger partial charge is 0.119 e. The van der Waals surface area contributed by atoms with Gasteiger partial charge in [-0.2, -0.15) is 0 Å². The number of nitrogens with one attached hydrogen (secondary N) is 1. The van der Waals surface area contributed by atoms with E-state index in [1.54, 1.807) is 13.4 Å². The summed E-state index contributed by atoms with van der Waals surface area (Å²) >= 11 is 0. The van der Waals surface area contributed by atoms with Crippen LogP contribution in [0, 0.1) is 0 Å². The molecule has 0 bridgehead atoms. The van der Waals surface area contributed by atoms with E-state index in [0.717, 1.165) is 30.2 Å². The molecule has 2 unspecified atom stereocenters. The highest BCUT2D eigenvalue weighted by Gasteiger charge is 2.02. The Morgan fingerprint density at radius 1 is 1.26 bits per heavy atom. The summed E-state index contributed by atoms with van der Waals surface area (Å²) in [6.07, 6.45) is 2.66. The van der Waals surface area contributed by atoms with Crippen molar-refractivity contribution in [2.75, 3.05) is 32.3 Å². The standard InChI is InChI=1S/C14H23NO3S/c1-12(8-11-19(3)16)15-9-10-18-14-6-4-13(17-2)5-7-14/h4-7,12,15H,8-11H2,1-3H3. The van der Waals surface area contributed by atoms with Gasteiger partial charge in [0, 0.05) is 35.4 Å². The van der Waals surface area contributed by atoms with Crippen LogP contribution in [0.2, 0.25) is 0 Å². The first-order valence-electron chi connectivity index (χ1n) is 6.42. The molecule has 0 spiro atoms. The van der Waals surface area contributed by atoms with Crippen LogP contribution in [0.4, 0.5) is 0 Å². The quantitative estimate of drug-likeness (QED) is 0.703. The number of hydrogen-bond donors (Lipinski definition) is 1. The highest BCUT2D eigenvalue weighted by Crippen LogP contribution is 2.16. The average molecular weight is 285 g/mol. The molecule has 1 rings (SSSR count). The van der Waals surface area contributed by atoms with Crippen molar-refractivity contribution in [1.29, 1.82) is 0 Å². The Bertz CT molecular complexity index is 381. The summed E-state index contributed by atoms with van der Waals surface area (Å²) in [6, 6.07) is 7.90. The summed E-state index contributed by atoms with van der Waals surface area (Å²) in [5.41, 5.74) is 0. The second kappa shape index (κ2) is 8.93. The molecule has 108 valence electrons. The lowest BCUT2D eigenvalue weighted by atomic mass is 10.2. The van der Waals surface area contributed by atoms with Crippen LogP contribution in [-0.2, 0) is 10.8 Å². The van der Waals surface area contributed by atoms with E-state index in [-0.39, 0.29) is 0 Å². The zero-order valence-corrected chi connectivity index (χ0v) is 12.7. The Morgan fingerprint density at radius 3 is 2.47 bits per heavy atom. The molecule has 0 fully saturated rings. The Morgan fingerprint density at radius 2 is 1.89 bits per heavy atom. The minimum atomic E-state index is -0.710. The maximum Gasteiger partial charge on any atom is 0.119 e. The van der Waals surface area contributed by atoms with Crippen molar-refractivity contribution >= 4 is 10.8 Å². The van der Waals surface area contributed by atoms with Crippen LogP contribution in [0.25, 0.3) is 0 Å². The lowest BCUT2D eigenvalue weighted by Crippen LogP contribution is -2.31. The van der Waals surface area contributed by atoms with Crippen LogP contribution in [-0.4, -0.2) is 42.5 Å². The van der Waals surface area contributed by atoms with E-state index in [4.69, 9.17) is 9.47 Å². The number of methoxy groups -OCH3 is 1. The van der Waals surface area contributed by atoms with Crippen molar-refractivity contribution in [3.63, 3.8) is 0 Å². The second-order valence-corrected chi connectivity index (χ2v) is 6.00. The summed E-state index contributed by atoms with van der Waals surface area (Å²) in [5, 5.41) is 3.35. The summed E-state index contributed by atoms with van der Waals surface area (Å²) in [6.45, 7) is 3.50. The van der Waals surface area contributed by atoms with Gasteiger partial charge < -0.3 is 14.8 Å². The molecule has 0 saturated carbocycles. The summed E-state index contributed by atoms with van der Waals surface area (Å²) < 4.78 is 21.6. The molecule has 0 aliphatic carbocycles. The Balaban J connectivity index is 2.14. The summed E-state index contributed by atoms with van der Waals surface area (Å²) in [4.78, 5) is 0. The maximum atomic E-state index is 11.0. The van der Waals surface area contributed by atoms with Crippen LogP contribution in [0.1, 0.15) is 13.3 Å². The molecule has 2 atom stereocenters. The fraction of sp³-hybridized carbons (Fsp3) is 0.571. The van der Waals surface area contributed by atoms with Gasteiger partial charge in [-0.25, -0.2) is 0 Å². The van der Waals surface area contributed by atoms with Crippen molar-refractivity contribution in [2.24, 2.45) is 0 Å². The van der Waals surface area contributed by atoms with E-state index in [0.29, 0.717) is 12.6 Å². The van der Waals surface area contributed by atoms with Crippen LogP contribution in [0.5, 0.6) is 11.5 Å². The zero-order chi connectivity index (χ0) is 14.1. The van der Waals surface area contributed by atoms with Crippen molar-refractivity contribution in [3.05, 3.63) is 24.3 Å². The van der Waals surface area contributed by atoms with Gasteiger partial charge in [-0.3, -0.25) is 4.21 Å². The Labute approximate surface area is 118 Å². The van der Waals surface area contributed by atoms with E-state index in [1.807, 2.05) is 24.3 Å². The normalized spacial score (nSPS) is 13.8. The average Bonchev–Trinajstić information content (AvgIpc) is 2.42. The van der Waals surface area contributed by atoms with Gasteiger partial charge in [0.15, 0.2) is 0 Å².